The minimum absolute atomic E-state index is 0.0764. The van der Waals surface area contributed by atoms with Crippen molar-refractivity contribution in [3.05, 3.63) is 0 Å². The Morgan fingerprint density at radius 2 is 2.29 bits per heavy atom. The molecule has 1 aliphatic carbocycles. The summed E-state index contributed by atoms with van der Waals surface area (Å²) in [5, 5.41) is 3.44. The fourth-order valence-electron chi connectivity index (χ4n) is 2.95. The molecule has 3 rings (SSSR count). The van der Waals surface area contributed by atoms with E-state index in [1.54, 1.807) is 0 Å². The number of hydrogen-bond donors (Lipinski definition) is 1. The van der Waals surface area contributed by atoms with Gasteiger partial charge in [0.1, 0.15) is 0 Å². The maximum Gasteiger partial charge on any atom is 0.239 e. The fraction of sp³-hybridized carbons (Fsp3) is 0.923. The zero-order valence-corrected chi connectivity index (χ0v) is 10.6. The number of carbonyl (C=O) groups excluding carboxylic acids is 1. The van der Waals surface area contributed by atoms with Crippen LogP contribution in [0.25, 0.3) is 0 Å². The predicted octanol–water partition coefficient (Wildman–Crippen LogP) is 0.908. The van der Waals surface area contributed by atoms with Crippen LogP contribution in [-0.4, -0.2) is 48.2 Å². The van der Waals surface area contributed by atoms with E-state index >= 15 is 0 Å². The van der Waals surface area contributed by atoms with E-state index in [4.69, 9.17) is 4.74 Å². The van der Waals surface area contributed by atoms with E-state index in [1.165, 1.54) is 12.8 Å². The molecule has 4 nitrogen and oxygen atoms in total. The van der Waals surface area contributed by atoms with Crippen molar-refractivity contribution in [2.75, 3.05) is 19.7 Å². The largest absolute Gasteiger partial charge is 0.373 e. The summed E-state index contributed by atoms with van der Waals surface area (Å²) in [5.74, 6) is 0.286. The molecule has 0 aromatic carbocycles. The third-order valence-electron chi connectivity index (χ3n) is 4.14. The molecule has 96 valence electrons. The van der Waals surface area contributed by atoms with Gasteiger partial charge in [-0.2, -0.15) is 0 Å². The molecular formula is C13H22N2O2. The minimum atomic E-state index is -0.0931. The van der Waals surface area contributed by atoms with Crippen LogP contribution in [0.5, 0.6) is 0 Å². The molecule has 17 heavy (non-hydrogen) atoms. The average Bonchev–Trinajstić information content (AvgIpc) is 2.93. The second-order valence-corrected chi connectivity index (χ2v) is 5.94. The van der Waals surface area contributed by atoms with Gasteiger partial charge in [0.05, 0.1) is 11.6 Å². The maximum atomic E-state index is 12.2. The van der Waals surface area contributed by atoms with Gasteiger partial charge in [0, 0.05) is 25.7 Å². The molecule has 2 atom stereocenters. The zero-order chi connectivity index (χ0) is 11.9. The molecule has 1 amide bonds. The highest BCUT2D eigenvalue weighted by atomic mass is 16.5. The van der Waals surface area contributed by atoms with Crippen molar-refractivity contribution in [3.63, 3.8) is 0 Å². The number of rotatable bonds is 4. The maximum absolute atomic E-state index is 12.2. The standard InChI is InChI=1S/C13H22N2O2/c1-13(6-2-8-17-13)9-15-7-5-11(12(15)16)14-10-3-4-10/h10-11,14H,2-9H2,1H3. The van der Waals surface area contributed by atoms with Gasteiger partial charge in [0.2, 0.25) is 5.91 Å². The Morgan fingerprint density at radius 3 is 2.94 bits per heavy atom. The number of likely N-dealkylation sites (tertiary alicyclic amines) is 1. The summed E-state index contributed by atoms with van der Waals surface area (Å²) >= 11 is 0. The molecular weight excluding hydrogens is 216 g/mol. The molecule has 2 aliphatic heterocycles. The van der Waals surface area contributed by atoms with Crippen molar-refractivity contribution in [2.24, 2.45) is 0 Å². The van der Waals surface area contributed by atoms with Crippen LogP contribution in [0.4, 0.5) is 0 Å². The number of nitrogens with zero attached hydrogens (tertiary/aromatic N) is 1. The molecule has 0 bridgehead atoms. The molecule has 0 aromatic heterocycles. The molecule has 1 saturated carbocycles. The van der Waals surface area contributed by atoms with E-state index in [0.29, 0.717) is 6.04 Å². The van der Waals surface area contributed by atoms with E-state index in [1.807, 2.05) is 4.90 Å². The summed E-state index contributed by atoms with van der Waals surface area (Å²) in [4.78, 5) is 14.2. The molecule has 0 aromatic rings. The first kappa shape index (κ1) is 11.5. The van der Waals surface area contributed by atoms with Gasteiger partial charge in [-0.15, -0.1) is 0 Å². The van der Waals surface area contributed by atoms with Gasteiger partial charge in [0.25, 0.3) is 0 Å². The lowest BCUT2D eigenvalue weighted by molar-refractivity contribution is -0.132. The summed E-state index contributed by atoms with van der Waals surface area (Å²) in [5.41, 5.74) is -0.0931. The average molecular weight is 238 g/mol. The quantitative estimate of drug-likeness (QED) is 0.791. The Labute approximate surface area is 103 Å². The number of carbonyl (C=O) groups is 1. The molecule has 1 N–H and O–H groups in total. The summed E-state index contributed by atoms with van der Waals surface area (Å²) < 4.78 is 5.77. The van der Waals surface area contributed by atoms with Crippen LogP contribution in [0.2, 0.25) is 0 Å². The van der Waals surface area contributed by atoms with Gasteiger partial charge in [-0.3, -0.25) is 4.79 Å². The van der Waals surface area contributed by atoms with Gasteiger partial charge in [-0.25, -0.2) is 0 Å². The zero-order valence-electron chi connectivity index (χ0n) is 10.6. The molecule has 0 radical (unpaired) electrons. The first-order valence-corrected chi connectivity index (χ1v) is 6.85. The highest BCUT2D eigenvalue weighted by molar-refractivity contribution is 5.84. The van der Waals surface area contributed by atoms with Crippen molar-refractivity contribution in [2.45, 2.75) is 56.7 Å². The smallest absolute Gasteiger partial charge is 0.239 e. The van der Waals surface area contributed by atoms with E-state index in [2.05, 4.69) is 12.2 Å². The Bertz CT molecular complexity index is 309. The summed E-state index contributed by atoms with van der Waals surface area (Å²) in [6, 6.07) is 0.690. The topological polar surface area (TPSA) is 41.6 Å². The SMILES string of the molecule is CC1(CN2CCC(NC3CC3)C2=O)CCCO1. The predicted molar refractivity (Wildman–Crippen MR) is 64.7 cm³/mol. The number of ether oxygens (including phenoxy) is 1. The fourth-order valence-corrected chi connectivity index (χ4v) is 2.95. The van der Waals surface area contributed by atoms with Crippen molar-refractivity contribution in [1.29, 1.82) is 0 Å². The summed E-state index contributed by atoms with van der Waals surface area (Å²) in [6.07, 6.45) is 5.65. The first-order valence-electron chi connectivity index (χ1n) is 6.85. The second kappa shape index (κ2) is 4.25. The van der Waals surface area contributed by atoms with E-state index in [-0.39, 0.29) is 17.6 Å². The van der Waals surface area contributed by atoms with Crippen LogP contribution in [0.3, 0.4) is 0 Å². The first-order chi connectivity index (χ1) is 8.16. The minimum Gasteiger partial charge on any atom is -0.373 e. The third kappa shape index (κ3) is 2.47. The second-order valence-electron chi connectivity index (χ2n) is 5.94. The normalized spacial score (nSPS) is 38.1. The van der Waals surface area contributed by atoms with E-state index in [9.17, 15) is 4.79 Å². The Balaban J connectivity index is 1.55. The molecule has 2 heterocycles. The molecule has 2 unspecified atom stereocenters. The third-order valence-corrected chi connectivity index (χ3v) is 4.14. The van der Waals surface area contributed by atoms with Crippen LogP contribution in [0.1, 0.15) is 39.0 Å². The van der Waals surface area contributed by atoms with Crippen molar-refractivity contribution >= 4 is 5.91 Å². The van der Waals surface area contributed by atoms with Crippen LogP contribution in [0.15, 0.2) is 0 Å². The van der Waals surface area contributed by atoms with Crippen LogP contribution < -0.4 is 5.32 Å². The number of hydrogen-bond acceptors (Lipinski definition) is 3. The van der Waals surface area contributed by atoms with Crippen molar-refractivity contribution in [1.82, 2.24) is 10.2 Å². The van der Waals surface area contributed by atoms with Gasteiger partial charge in [-0.05, 0) is 39.0 Å². The Kier molecular flexibility index (Phi) is 2.87. The van der Waals surface area contributed by atoms with Crippen LogP contribution in [0, 0.1) is 0 Å². The number of nitrogens with one attached hydrogen (secondary N) is 1. The summed E-state index contributed by atoms with van der Waals surface area (Å²) in [7, 11) is 0. The highest BCUT2D eigenvalue weighted by Gasteiger charge is 2.40. The summed E-state index contributed by atoms with van der Waals surface area (Å²) in [6.45, 7) is 4.65. The Hall–Kier alpha value is -0.610. The lowest BCUT2D eigenvalue weighted by atomic mass is 10.0. The van der Waals surface area contributed by atoms with Crippen LogP contribution >= 0.6 is 0 Å². The Morgan fingerprint density at radius 1 is 1.47 bits per heavy atom. The van der Waals surface area contributed by atoms with E-state index < -0.39 is 0 Å². The van der Waals surface area contributed by atoms with Gasteiger partial charge < -0.3 is 15.0 Å². The monoisotopic (exact) mass is 238 g/mol. The van der Waals surface area contributed by atoms with Gasteiger partial charge in [0.15, 0.2) is 0 Å². The molecule has 4 heteroatoms. The lowest BCUT2D eigenvalue weighted by Crippen LogP contribution is -2.45. The van der Waals surface area contributed by atoms with E-state index in [0.717, 1.165) is 39.0 Å². The highest BCUT2D eigenvalue weighted by Crippen LogP contribution is 2.28. The van der Waals surface area contributed by atoms with Crippen molar-refractivity contribution in [3.8, 4) is 0 Å². The molecule has 3 fully saturated rings. The van der Waals surface area contributed by atoms with Gasteiger partial charge >= 0.3 is 0 Å². The molecule has 0 spiro atoms. The van der Waals surface area contributed by atoms with Crippen molar-refractivity contribution < 1.29 is 9.53 Å². The lowest BCUT2D eigenvalue weighted by Gasteiger charge is -2.29. The molecule has 2 saturated heterocycles. The molecule has 3 aliphatic rings. The van der Waals surface area contributed by atoms with Gasteiger partial charge in [-0.1, -0.05) is 0 Å². The number of amides is 1. The van der Waals surface area contributed by atoms with Crippen LogP contribution in [-0.2, 0) is 9.53 Å².